The number of carbonyl (C=O) groups excluding carboxylic acids is 2. The predicted molar refractivity (Wildman–Crippen MR) is 95.6 cm³/mol. The Balaban J connectivity index is 1.63. The molecule has 4 atom stereocenters. The number of amides is 1. The summed E-state index contributed by atoms with van der Waals surface area (Å²) in [5.41, 5.74) is 1.94. The van der Waals surface area contributed by atoms with E-state index in [-0.39, 0.29) is 23.8 Å². The van der Waals surface area contributed by atoms with Crippen LogP contribution in [0.25, 0.3) is 0 Å². The van der Waals surface area contributed by atoms with E-state index in [4.69, 9.17) is 0 Å². The molecule has 4 heteroatoms. The summed E-state index contributed by atoms with van der Waals surface area (Å²) >= 11 is 0. The molecule has 2 aliphatic carbocycles. The summed E-state index contributed by atoms with van der Waals surface area (Å²) in [4.78, 5) is 24.7. The van der Waals surface area contributed by atoms with Gasteiger partial charge >= 0.3 is 0 Å². The average Bonchev–Trinajstić information content (AvgIpc) is 3.29. The molecule has 2 aromatic rings. The van der Waals surface area contributed by atoms with Crippen LogP contribution < -0.4 is 10.4 Å². The highest BCUT2D eigenvalue weighted by molar-refractivity contribution is 5.86. The van der Waals surface area contributed by atoms with Gasteiger partial charge < -0.3 is 15.2 Å². The number of fused-ring (bicyclic) bond motifs is 2. The highest BCUT2D eigenvalue weighted by Gasteiger charge is 2.49. The molecule has 0 saturated heterocycles. The molecular weight excluding hydrogens is 326 g/mol. The number of allylic oxidation sites excluding steroid dienone is 2. The smallest absolute Gasteiger partial charge is 0.225 e. The SMILES string of the molecule is O=C([O-])[C@H]1[C@H](C(=O)NC(c2ccccc2)c2ccccc2)[C@H]2C=C[C@@H]1C2. The van der Waals surface area contributed by atoms with Crippen LogP contribution >= 0.6 is 0 Å². The second kappa shape index (κ2) is 6.79. The van der Waals surface area contributed by atoms with Crippen molar-refractivity contribution in [1.82, 2.24) is 5.32 Å². The van der Waals surface area contributed by atoms with Crippen molar-refractivity contribution in [3.8, 4) is 0 Å². The number of benzene rings is 2. The average molecular weight is 346 g/mol. The van der Waals surface area contributed by atoms with Crippen LogP contribution in [0, 0.1) is 23.7 Å². The highest BCUT2D eigenvalue weighted by atomic mass is 16.4. The molecule has 0 aliphatic heterocycles. The van der Waals surface area contributed by atoms with Crippen LogP contribution in [0.15, 0.2) is 72.8 Å². The predicted octanol–water partition coefficient (Wildman–Crippen LogP) is 2.08. The molecule has 26 heavy (non-hydrogen) atoms. The Kier molecular flexibility index (Phi) is 4.33. The van der Waals surface area contributed by atoms with E-state index in [1.54, 1.807) is 0 Å². The van der Waals surface area contributed by atoms with E-state index in [0.29, 0.717) is 0 Å². The van der Waals surface area contributed by atoms with E-state index in [9.17, 15) is 14.7 Å². The third-order valence-corrected chi connectivity index (χ3v) is 5.59. The molecule has 1 fully saturated rings. The number of carboxylic acids is 1. The fraction of sp³-hybridized carbons (Fsp3) is 0.273. The molecule has 2 aliphatic rings. The number of rotatable bonds is 5. The Labute approximate surface area is 152 Å². The second-order valence-electron chi connectivity index (χ2n) is 7.08. The van der Waals surface area contributed by atoms with Gasteiger partial charge in [-0.1, -0.05) is 72.8 Å². The van der Waals surface area contributed by atoms with Gasteiger partial charge in [0.25, 0.3) is 0 Å². The van der Waals surface area contributed by atoms with E-state index in [2.05, 4.69) is 5.32 Å². The summed E-state index contributed by atoms with van der Waals surface area (Å²) in [6.07, 6.45) is 4.62. The van der Waals surface area contributed by atoms with Gasteiger partial charge in [0.1, 0.15) is 0 Å². The summed E-state index contributed by atoms with van der Waals surface area (Å²) in [5, 5.41) is 14.7. The lowest BCUT2D eigenvalue weighted by Crippen LogP contribution is -2.45. The Bertz CT molecular complexity index is 791. The van der Waals surface area contributed by atoms with Gasteiger partial charge in [0.05, 0.1) is 12.0 Å². The maximum absolute atomic E-state index is 13.1. The standard InChI is InChI=1S/C22H21NO3/c24-21(18-16-11-12-17(13-16)19(18)22(25)26)23-20(14-7-3-1-4-8-14)15-9-5-2-6-10-15/h1-12,16-20H,13H2,(H,23,24)(H,25,26)/p-1/t16-,17+,18+,19+/m0/s1. The van der Waals surface area contributed by atoms with Gasteiger partial charge in [0, 0.05) is 11.9 Å². The first-order valence-electron chi connectivity index (χ1n) is 8.94. The van der Waals surface area contributed by atoms with E-state index in [0.717, 1.165) is 17.5 Å². The van der Waals surface area contributed by atoms with Crippen molar-refractivity contribution in [2.75, 3.05) is 0 Å². The fourth-order valence-electron chi connectivity index (χ4n) is 4.39. The number of nitrogens with one attached hydrogen (secondary N) is 1. The quantitative estimate of drug-likeness (QED) is 0.843. The van der Waals surface area contributed by atoms with Crippen LogP contribution in [0.5, 0.6) is 0 Å². The van der Waals surface area contributed by atoms with Crippen molar-refractivity contribution in [3.63, 3.8) is 0 Å². The molecular formula is C22H20NO3-. The largest absolute Gasteiger partial charge is 0.550 e. The van der Waals surface area contributed by atoms with E-state index >= 15 is 0 Å². The van der Waals surface area contributed by atoms with Gasteiger partial charge in [0.15, 0.2) is 0 Å². The minimum atomic E-state index is -1.13. The summed E-state index contributed by atoms with van der Waals surface area (Å²) in [6, 6.07) is 19.1. The van der Waals surface area contributed by atoms with Crippen molar-refractivity contribution in [2.45, 2.75) is 12.5 Å². The second-order valence-corrected chi connectivity index (χ2v) is 7.08. The van der Waals surface area contributed by atoms with Crippen molar-refractivity contribution >= 4 is 11.9 Å². The summed E-state index contributed by atoms with van der Waals surface area (Å²) < 4.78 is 0. The Morgan fingerprint density at radius 3 is 1.85 bits per heavy atom. The van der Waals surface area contributed by atoms with Gasteiger partial charge in [-0.05, 0) is 29.4 Å². The maximum atomic E-state index is 13.1. The minimum Gasteiger partial charge on any atom is -0.550 e. The van der Waals surface area contributed by atoms with Crippen molar-refractivity contribution in [2.24, 2.45) is 23.7 Å². The summed E-state index contributed by atoms with van der Waals surface area (Å²) in [7, 11) is 0. The zero-order chi connectivity index (χ0) is 18.1. The number of aliphatic carboxylic acids is 1. The van der Waals surface area contributed by atoms with Gasteiger partial charge in [-0.15, -0.1) is 0 Å². The number of hydrogen-bond donors (Lipinski definition) is 1. The van der Waals surface area contributed by atoms with Crippen LogP contribution in [0.4, 0.5) is 0 Å². The Morgan fingerprint density at radius 1 is 0.846 bits per heavy atom. The first-order chi connectivity index (χ1) is 12.6. The molecule has 1 amide bonds. The Morgan fingerprint density at radius 2 is 1.35 bits per heavy atom. The van der Waals surface area contributed by atoms with E-state index in [1.807, 2.05) is 72.8 Å². The van der Waals surface area contributed by atoms with E-state index in [1.165, 1.54) is 0 Å². The van der Waals surface area contributed by atoms with Gasteiger partial charge in [-0.2, -0.15) is 0 Å². The fourth-order valence-corrected chi connectivity index (χ4v) is 4.39. The maximum Gasteiger partial charge on any atom is 0.225 e. The van der Waals surface area contributed by atoms with Crippen LogP contribution in [-0.2, 0) is 9.59 Å². The van der Waals surface area contributed by atoms with Crippen LogP contribution in [0.3, 0.4) is 0 Å². The zero-order valence-corrected chi connectivity index (χ0v) is 14.2. The van der Waals surface area contributed by atoms with Gasteiger partial charge in [-0.3, -0.25) is 4.79 Å². The topological polar surface area (TPSA) is 69.2 Å². The van der Waals surface area contributed by atoms with Gasteiger partial charge in [-0.25, -0.2) is 0 Å². The normalized spacial score (nSPS) is 26.2. The summed E-state index contributed by atoms with van der Waals surface area (Å²) in [5.74, 6) is -2.75. The van der Waals surface area contributed by atoms with Crippen LogP contribution in [0.1, 0.15) is 23.6 Å². The van der Waals surface area contributed by atoms with Crippen molar-refractivity contribution in [1.29, 1.82) is 0 Å². The van der Waals surface area contributed by atoms with Gasteiger partial charge in [0.2, 0.25) is 5.91 Å². The molecule has 2 bridgehead atoms. The molecule has 4 nitrogen and oxygen atoms in total. The molecule has 0 aromatic heterocycles. The monoisotopic (exact) mass is 346 g/mol. The van der Waals surface area contributed by atoms with E-state index < -0.39 is 17.8 Å². The molecule has 0 radical (unpaired) electrons. The molecule has 1 N–H and O–H groups in total. The minimum absolute atomic E-state index is 0.0184. The third-order valence-electron chi connectivity index (χ3n) is 5.59. The summed E-state index contributed by atoms with van der Waals surface area (Å²) in [6.45, 7) is 0. The molecule has 0 spiro atoms. The molecule has 0 heterocycles. The number of carbonyl (C=O) groups is 2. The van der Waals surface area contributed by atoms with Crippen LogP contribution in [0.2, 0.25) is 0 Å². The molecule has 4 rings (SSSR count). The molecule has 2 aromatic carbocycles. The first-order valence-corrected chi connectivity index (χ1v) is 8.94. The van der Waals surface area contributed by atoms with Crippen LogP contribution in [-0.4, -0.2) is 11.9 Å². The lowest BCUT2D eigenvalue weighted by molar-refractivity contribution is -0.313. The number of carboxylic acid groups (broad SMARTS) is 1. The highest BCUT2D eigenvalue weighted by Crippen LogP contribution is 2.48. The van der Waals surface area contributed by atoms with Crippen molar-refractivity contribution < 1.29 is 14.7 Å². The third kappa shape index (κ3) is 2.92. The molecule has 0 unspecified atom stereocenters. The Hall–Kier alpha value is -2.88. The molecule has 132 valence electrons. The first kappa shape index (κ1) is 16.6. The number of hydrogen-bond acceptors (Lipinski definition) is 3. The zero-order valence-electron chi connectivity index (χ0n) is 14.2. The lowest BCUT2D eigenvalue weighted by Gasteiger charge is -2.30. The van der Waals surface area contributed by atoms with Crippen molar-refractivity contribution in [3.05, 3.63) is 83.9 Å². The molecule has 1 saturated carbocycles. The lowest BCUT2D eigenvalue weighted by atomic mass is 9.82.